The first-order valence-corrected chi connectivity index (χ1v) is 7.71. The summed E-state index contributed by atoms with van der Waals surface area (Å²) in [6.45, 7) is 1.84. The summed E-state index contributed by atoms with van der Waals surface area (Å²) in [5.41, 5.74) is 0.948. The molecule has 124 valence electrons. The van der Waals surface area contributed by atoms with Crippen molar-refractivity contribution >= 4 is 17.7 Å². The largest absolute Gasteiger partial charge is 0.451 e. The van der Waals surface area contributed by atoms with Gasteiger partial charge < -0.3 is 9.88 Å². The first kappa shape index (κ1) is 17.3. The summed E-state index contributed by atoms with van der Waals surface area (Å²) < 4.78 is 38.7. The first-order valence-electron chi connectivity index (χ1n) is 6.72. The predicted molar refractivity (Wildman–Crippen MR) is 79.7 cm³/mol. The average molecular weight is 344 g/mol. The number of nitrogens with zero attached hydrogens (tertiary/aromatic N) is 3. The number of thioether (sulfide) groups is 1. The van der Waals surface area contributed by atoms with Crippen molar-refractivity contribution in [3.05, 3.63) is 41.7 Å². The van der Waals surface area contributed by atoms with Crippen molar-refractivity contribution in [1.82, 2.24) is 20.1 Å². The number of carbonyl (C=O) groups excluding carboxylic acids is 1. The van der Waals surface area contributed by atoms with E-state index in [1.165, 1.54) is 7.05 Å². The Kier molecular flexibility index (Phi) is 5.30. The minimum atomic E-state index is -4.56. The molecule has 0 bridgehead atoms. The van der Waals surface area contributed by atoms with E-state index in [1.54, 1.807) is 0 Å². The third-order valence-electron chi connectivity index (χ3n) is 3.10. The van der Waals surface area contributed by atoms with Crippen molar-refractivity contribution in [3.63, 3.8) is 0 Å². The smallest absolute Gasteiger partial charge is 0.349 e. The van der Waals surface area contributed by atoms with E-state index in [9.17, 15) is 18.0 Å². The molecular formula is C14H15F3N4OS. The number of alkyl halides is 3. The van der Waals surface area contributed by atoms with Crippen LogP contribution in [0.3, 0.4) is 0 Å². The molecule has 0 saturated heterocycles. The molecule has 1 heterocycles. The lowest BCUT2D eigenvalue weighted by Crippen LogP contribution is -2.28. The van der Waals surface area contributed by atoms with Crippen LogP contribution in [0.4, 0.5) is 13.2 Å². The van der Waals surface area contributed by atoms with Crippen LogP contribution in [0.25, 0.3) is 0 Å². The van der Waals surface area contributed by atoms with Crippen molar-refractivity contribution in [2.45, 2.75) is 24.3 Å². The van der Waals surface area contributed by atoms with Gasteiger partial charge >= 0.3 is 6.18 Å². The van der Waals surface area contributed by atoms with Crippen LogP contribution in [0.15, 0.2) is 35.5 Å². The Balaban J connectivity index is 1.91. The van der Waals surface area contributed by atoms with E-state index in [2.05, 4.69) is 15.5 Å². The summed E-state index contributed by atoms with van der Waals surface area (Å²) in [5, 5.41) is 9.40. The molecule has 1 aromatic carbocycles. The Labute approximate surface area is 135 Å². The van der Waals surface area contributed by atoms with Crippen LogP contribution in [-0.4, -0.2) is 26.4 Å². The molecule has 0 fully saturated rings. The highest BCUT2D eigenvalue weighted by Crippen LogP contribution is 2.29. The van der Waals surface area contributed by atoms with E-state index < -0.39 is 12.0 Å². The molecule has 9 heteroatoms. The Morgan fingerprint density at radius 3 is 2.52 bits per heavy atom. The fourth-order valence-corrected chi connectivity index (χ4v) is 2.65. The van der Waals surface area contributed by atoms with E-state index in [1.807, 2.05) is 37.3 Å². The van der Waals surface area contributed by atoms with Crippen LogP contribution in [0.5, 0.6) is 0 Å². The standard InChI is InChI=1S/C14H15F3N4OS/c1-9(10-6-4-3-5-7-10)18-11(22)8-23-13-20-19-12(21(13)2)14(15,16)17/h3-7,9H,8H2,1-2H3,(H,18,22). The zero-order valence-electron chi connectivity index (χ0n) is 12.5. The Morgan fingerprint density at radius 1 is 1.30 bits per heavy atom. The van der Waals surface area contributed by atoms with Gasteiger partial charge in [0.1, 0.15) is 0 Å². The molecule has 1 aromatic heterocycles. The summed E-state index contributed by atoms with van der Waals surface area (Å²) in [6.07, 6.45) is -4.56. The summed E-state index contributed by atoms with van der Waals surface area (Å²) in [7, 11) is 1.22. The highest BCUT2D eigenvalue weighted by molar-refractivity contribution is 7.99. The van der Waals surface area contributed by atoms with Crippen molar-refractivity contribution in [2.24, 2.45) is 7.05 Å². The van der Waals surface area contributed by atoms with E-state index in [4.69, 9.17) is 0 Å². The number of hydrogen-bond acceptors (Lipinski definition) is 4. The van der Waals surface area contributed by atoms with E-state index >= 15 is 0 Å². The van der Waals surface area contributed by atoms with Crippen molar-refractivity contribution in [1.29, 1.82) is 0 Å². The van der Waals surface area contributed by atoms with E-state index in [-0.39, 0.29) is 22.9 Å². The second kappa shape index (κ2) is 7.03. The molecule has 0 aliphatic rings. The van der Waals surface area contributed by atoms with Gasteiger partial charge in [0, 0.05) is 7.05 Å². The lowest BCUT2D eigenvalue weighted by Gasteiger charge is -2.14. The molecule has 0 aliphatic heterocycles. The second-order valence-electron chi connectivity index (χ2n) is 4.85. The van der Waals surface area contributed by atoms with Gasteiger partial charge in [-0.05, 0) is 12.5 Å². The third-order valence-corrected chi connectivity index (χ3v) is 4.12. The SMILES string of the molecule is CC(NC(=O)CSc1nnc(C(F)(F)F)n1C)c1ccccc1. The quantitative estimate of drug-likeness (QED) is 0.848. The lowest BCUT2D eigenvalue weighted by molar-refractivity contribution is -0.147. The first-order chi connectivity index (χ1) is 10.8. The van der Waals surface area contributed by atoms with Crippen LogP contribution in [0.1, 0.15) is 24.4 Å². The molecule has 0 spiro atoms. The number of aromatic nitrogens is 3. The molecule has 2 rings (SSSR count). The zero-order chi connectivity index (χ0) is 17.0. The number of rotatable bonds is 5. The summed E-state index contributed by atoms with van der Waals surface area (Å²) in [4.78, 5) is 11.9. The van der Waals surface area contributed by atoms with Gasteiger partial charge in [-0.3, -0.25) is 4.79 Å². The van der Waals surface area contributed by atoms with Crippen LogP contribution in [0, 0.1) is 0 Å². The minimum absolute atomic E-state index is 0.0407. The molecule has 1 amide bonds. The van der Waals surface area contributed by atoms with Gasteiger partial charge in [-0.25, -0.2) is 0 Å². The lowest BCUT2D eigenvalue weighted by atomic mass is 10.1. The van der Waals surface area contributed by atoms with Gasteiger partial charge in [-0.1, -0.05) is 42.1 Å². The molecule has 0 saturated carbocycles. The van der Waals surface area contributed by atoms with Crippen LogP contribution in [-0.2, 0) is 18.0 Å². The molecule has 1 atom stereocenters. The van der Waals surface area contributed by atoms with Crippen LogP contribution < -0.4 is 5.32 Å². The molecule has 1 N–H and O–H groups in total. The Hall–Kier alpha value is -2.03. The summed E-state index contributed by atoms with van der Waals surface area (Å²) in [5.74, 6) is -1.41. The number of carbonyl (C=O) groups is 1. The highest BCUT2D eigenvalue weighted by Gasteiger charge is 2.37. The minimum Gasteiger partial charge on any atom is -0.349 e. The maximum Gasteiger partial charge on any atom is 0.451 e. The molecule has 0 radical (unpaired) electrons. The molecule has 0 aliphatic carbocycles. The molecule has 23 heavy (non-hydrogen) atoms. The molecular weight excluding hydrogens is 329 g/mol. The molecule has 5 nitrogen and oxygen atoms in total. The second-order valence-corrected chi connectivity index (χ2v) is 5.79. The third kappa shape index (κ3) is 4.47. The van der Waals surface area contributed by atoms with E-state index in [0.29, 0.717) is 0 Å². The normalized spacial score (nSPS) is 12.9. The predicted octanol–water partition coefficient (Wildman–Crippen LogP) is 2.80. The maximum atomic E-state index is 12.6. The zero-order valence-corrected chi connectivity index (χ0v) is 13.3. The Bertz CT molecular complexity index is 672. The van der Waals surface area contributed by atoms with E-state index in [0.717, 1.165) is 21.9 Å². The number of benzene rings is 1. The van der Waals surface area contributed by atoms with Crippen molar-refractivity contribution in [3.8, 4) is 0 Å². The average Bonchev–Trinajstić information content (AvgIpc) is 2.87. The van der Waals surface area contributed by atoms with Crippen LogP contribution >= 0.6 is 11.8 Å². The maximum absolute atomic E-state index is 12.6. The van der Waals surface area contributed by atoms with Crippen LogP contribution in [0.2, 0.25) is 0 Å². The Morgan fingerprint density at radius 2 is 1.96 bits per heavy atom. The number of amides is 1. The van der Waals surface area contributed by atoms with Crippen molar-refractivity contribution < 1.29 is 18.0 Å². The number of halogens is 3. The van der Waals surface area contributed by atoms with Gasteiger partial charge in [0.25, 0.3) is 0 Å². The van der Waals surface area contributed by atoms with Crippen molar-refractivity contribution in [2.75, 3.05) is 5.75 Å². The fraction of sp³-hybridized carbons (Fsp3) is 0.357. The fourth-order valence-electron chi connectivity index (χ4n) is 1.93. The van der Waals surface area contributed by atoms with Gasteiger partial charge in [-0.15, -0.1) is 10.2 Å². The topological polar surface area (TPSA) is 59.8 Å². The monoisotopic (exact) mass is 344 g/mol. The van der Waals surface area contributed by atoms with Gasteiger partial charge in [0.2, 0.25) is 11.7 Å². The number of nitrogens with one attached hydrogen (secondary N) is 1. The summed E-state index contributed by atoms with van der Waals surface area (Å²) in [6, 6.07) is 9.19. The molecule has 2 aromatic rings. The molecule has 1 unspecified atom stereocenters. The highest BCUT2D eigenvalue weighted by atomic mass is 32.2. The van der Waals surface area contributed by atoms with Gasteiger partial charge in [0.15, 0.2) is 5.16 Å². The van der Waals surface area contributed by atoms with Gasteiger partial charge in [0.05, 0.1) is 11.8 Å². The van der Waals surface area contributed by atoms with Gasteiger partial charge in [-0.2, -0.15) is 13.2 Å². The number of hydrogen-bond donors (Lipinski definition) is 1. The summed E-state index contributed by atoms with van der Waals surface area (Å²) >= 11 is 0.907.